The number of nitrogens with one attached hydrogen (secondary N) is 2. The molecule has 0 saturated carbocycles. The van der Waals surface area contributed by atoms with Gasteiger partial charge in [-0.15, -0.1) is 10.2 Å². The van der Waals surface area contributed by atoms with Gasteiger partial charge in [0.25, 0.3) is 0 Å². The molecule has 0 bridgehead atoms. The lowest BCUT2D eigenvalue weighted by Crippen LogP contribution is -2.30. The Morgan fingerprint density at radius 1 is 1.15 bits per heavy atom. The highest BCUT2D eigenvalue weighted by molar-refractivity contribution is 5.82. The zero-order valence-corrected chi connectivity index (χ0v) is 18.8. The molecule has 0 spiro atoms. The lowest BCUT2D eigenvalue weighted by molar-refractivity contribution is -0.124. The van der Waals surface area contributed by atoms with Crippen LogP contribution >= 0.6 is 0 Å². The first-order chi connectivity index (χ1) is 16.1. The molecule has 33 heavy (non-hydrogen) atoms. The van der Waals surface area contributed by atoms with Crippen LogP contribution in [0.15, 0.2) is 60.9 Å². The Labute approximate surface area is 192 Å². The third-order valence-corrected chi connectivity index (χ3v) is 5.76. The van der Waals surface area contributed by atoms with Gasteiger partial charge in [0, 0.05) is 24.5 Å². The summed E-state index contributed by atoms with van der Waals surface area (Å²) in [7, 11) is 0. The molecule has 1 atom stereocenters. The second-order valence-corrected chi connectivity index (χ2v) is 8.09. The van der Waals surface area contributed by atoms with Gasteiger partial charge >= 0.3 is 0 Å². The first kappa shape index (κ1) is 22.3. The van der Waals surface area contributed by atoms with E-state index < -0.39 is 6.04 Å². The second-order valence-electron chi connectivity index (χ2n) is 8.09. The summed E-state index contributed by atoms with van der Waals surface area (Å²) in [5.41, 5.74) is 5.38. The molecule has 0 fully saturated rings. The van der Waals surface area contributed by atoms with E-state index in [1.165, 1.54) is 5.56 Å². The lowest BCUT2D eigenvalue weighted by Gasteiger charge is -2.16. The van der Waals surface area contributed by atoms with Gasteiger partial charge in [0.2, 0.25) is 11.7 Å². The highest BCUT2D eigenvalue weighted by Gasteiger charge is 2.16. The monoisotopic (exact) mass is 444 g/mol. The molecule has 0 aliphatic rings. The molecule has 4 rings (SSSR count). The van der Waals surface area contributed by atoms with Crippen molar-refractivity contribution in [3.63, 3.8) is 0 Å². The molecule has 2 aromatic heterocycles. The summed E-state index contributed by atoms with van der Waals surface area (Å²) in [5.74, 6) is 0.604. The number of carbonyl (C=O) groups excluding carboxylic acids is 1. The van der Waals surface area contributed by atoms with Gasteiger partial charge in [-0.2, -0.15) is 5.21 Å². The van der Waals surface area contributed by atoms with Crippen molar-refractivity contribution in [1.82, 2.24) is 30.5 Å². The molecule has 0 aliphatic carbocycles. The number of aromatic nitrogens is 5. The SMILES string of the molecule is CCCCc1cc(CNC(=O)C(C)n2ccc(O)c2)ccc1-c1ccccc1-c1nn[nH]n1. The maximum atomic E-state index is 12.6. The highest BCUT2D eigenvalue weighted by Crippen LogP contribution is 2.33. The predicted molar refractivity (Wildman–Crippen MR) is 126 cm³/mol. The average Bonchev–Trinajstić information content (AvgIpc) is 3.53. The Hall–Kier alpha value is -3.94. The number of aromatic amines is 1. The fraction of sp³-hybridized carbons (Fsp3) is 0.280. The minimum absolute atomic E-state index is 0.104. The molecular weight excluding hydrogens is 416 g/mol. The van der Waals surface area contributed by atoms with E-state index in [2.05, 4.69) is 51.1 Å². The Morgan fingerprint density at radius 3 is 2.67 bits per heavy atom. The fourth-order valence-electron chi connectivity index (χ4n) is 3.90. The standard InChI is InChI=1S/C25H28N6O2/c1-3-4-7-19-14-18(15-26-25(33)17(2)31-13-12-20(32)16-31)10-11-21(19)22-8-5-6-9-23(22)24-27-29-30-28-24/h5-6,8-14,16-17,32H,3-4,7,15H2,1-2H3,(H,26,33)(H,27,28,29,30). The van der Waals surface area contributed by atoms with Crippen molar-refractivity contribution < 1.29 is 9.90 Å². The van der Waals surface area contributed by atoms with Crippen LogP contribution in [0.1, 0.15) is 43.9 Å². The Kier molecular flexibility index (Phi) is 6.83. The average molecular weight is 445 g/mol. The summed E-state index contributed by atoms with van der Waals surface area (Å²) >= 11 is 0. The molecule has 0 saturated heterocycles. The Morgan fingerprint density at radius 2 is 1.97 bits per heavy atom. The van der Waals surface area contributed by atoms with Crippen molar-refractivity contribution in [3.05, 3.63) is 72.1 Å². The van der Waals surface area contributed by atoms with Crippen LogP contribution in [0.4, 0.5) is 0 Å². The number of carbonyl (C=O) groups is 1. The fourth-order valence-corrected chi connectivity index (χ4v) is 3.90. The number of unbranched alkanes of at least 4 members (excludes halogenated alkanes) is 1. The predicted octanol–water partition coefficient (Wildman–Crippen LogP) is 4.26. The van der Waals surface area contributed by atoms with Crippen LogP contribution in [0.25, 0.3) is 22.5 Å². The summed E-state index contributed by atoms with van der Waals surface area (Å²) in [6.07, 6.45) is 6.34. The van der Waals surface area contributed by atoms with Crippen molar-refractivity contribution in [2.24, 2.45) is 0 Å². The maximum Gasteiger partial charge on any atom is 0.243 e. The van der Waals surface area contributed by atoms with E-state index in [0.29, 0.717) is 12.4 Å². The first-order valence-electron chi connectivity index (χ1n) is 11.2. The zero-order chi connectivity index (χ0) is 23.2. The molecule has 0 radical (unpaired) electrons. The number of hydrogen-bond acceptors (Lipinski definition) is 5. The normalized spacial score (nSPS) is 11.9. The largest absolute Gasteiger partial charge is 0.506 e. The third kappa shape index (κ3) is 5.11. The Balaban J connectivity index is 1.57. The van der Waals surface area contributed by atoms with Crippen molar-refractivity contribution >= 4 is 5.91 Å². The van der Waals surface area contributed by atoms with E-state index in [4.69, 9.17) is 0 Å². The lowest BCUT2D eigenvalue weighted by atomic mass is 9.91. The molecule has 2 aromatic carbocycles. The van der Waals surface area contributed by atoms with Crippen LogP contribution in [0.2, 0.25) is 0 Å². The number of aryl methyl sites for hydroxylation is 1. The van der Waals surface area contributed by atoms with Crippen LogP contribution in [0.3, 0.4) is 0 Å². The van der Waals surface area contributed by atoms with E-state index in [1.807, 2.05) is 24.3 Å². The summed E-state index contributed by atoms with van der Waals surface area (Å²) in [6, 6.07) is 15.5. The number of hydrogen-bond donors (Lipinski definition) is 3. The third-order valence-electron chi connectivity index (χ3n) is 5.76. The quantitative estimate of drug-likeness (QED) is 0.357. The highest BCUT2D eigenvalue weighted by atomic mass is 16.3. The smallest absolute Gasteiger partial charge is 0.243 e. The van der Waals surface area contributed by atoms with Gasteiger partial charge < -0.3 is 15.0 Å². The minimum atomic E-state index is -0.411. The van der Waals surface area contributed by atoms with E-state index in [1.54, 1.807) is 30.0 Å². The van der Waals surface area contributed by atoms with Gasteiger partial charge in [-0.05, 0) is 53.3 Å². The van der Waals surface area contributed by atoms with Gasteiger partial charge in [-0.1, -0.05) is 55.8 Å². The molecule has 0 aliphatic heterocycles. The van der Waals surface area contributed by atoms with Crippen LogP contribution < -0.4 is 5.32 Å². The van der Waals surface area contributed by atoms with Crippen LogP contribution in [-0.2, 0) is 17.8 Å². The molecule has 170 valence electrons. The van der Waals surface area contributed by atoms with Gasteiger partial charge in [0.15, 0.2) is 0 Å². The van der Waals surface area contributed by atoms with Crippen molar-refractivity contribution in [1.29, 1.82) is 0 Å². The van der Waals surface area contributed by atoms with Crippen LogP contribution in [0, 0.1) is 0 Å². The summed E-state index contributed by atoms with van der Waals surface area (Å²) in [6.45, 7) is 4.42. The first-order valence-corrected chi connectivity index (χ1v) is 11.2. The van der Waals surface area contributed by atoms with Gasteiger partial charge in [0.05, 0.1) is 0 Å². The number of rotatable bonds is 9. The number of amides is 1. The molecule has 1 unspecified atom stereocenters. The van der Waals surface area contributed by atoms with Gasteiger partial charge in [0.1, 0.15) is 11.8 Å². The molecule has 2 heterocycles. The molecule has 8 heteroatoms. The molecular formula is C25H28N6O2. The van der Waals surface area contributed by atoms with Crippen molar-refractivity contribution in [2.75, 3.05) is 0 Å². The number of aromatic hydroxyl groups is 1. The van der Waals surface area contributed by atoms with E-state index >= 15 is 0 Å². The molecule has 4 aromatic rings. The van der Waals surface area contributed by atoms with E-state index in [9.17, 15) is 9.90 Å². The summed E-state index contributed by atoms with van der Waals surface area (Å²) < 4.78 is 1.69. The van der Waals surface area contributed by atoms with Gasteiger partial charge in [-0.3, -0.25) is 4.79 Å². The number of tetrazole rings is 1. The zero-order valence-electron chi connectivity index (χ0n) is 18.8. The molecule has 3 N–H and O–H groups in total. The summed E-state index contributed by atoms with van der Waals surface area (Å²) in [5, 5.41) is 27.1. The van der Waals surface area contributed by atoms with Crippen LogP contribution in [-0.4, -0.2) is 36.2 Å². The minimum Gasteiger partial charge on any atom is -0.506 e. The second kappa shape index (κ2) is 10.1. The summed E-state index contributed by atoms with van der Waals surface area (Å²) in [4.78, 5) is 12.6. The van der Waals surface area contributed by atoms with E-state index in [0.717, 1.165) is 41.5 Å². The number of nitrogens with zero attached hydrogens (tertiary/aromatic N) is 4. The molecule has 1 amide bonds. The topological polar surface area (TPSA) is 109 Å². The van der Waals surface area contributed by atoms with E-state index in [-0.39, 0.29) is 11.7 Å². The van der Waals surface area contributed by atoms with Crippen LogP contribution in [0.5, 0.6) is 5.75 Å². The van der Waals surface area contributed by atoms with Gasteiger partial charge in [-0.25, -0.2) is 0 Å². The van der Waals surface area contributed by atoms with Crippen molar-refractivity contribution in [2.45, 2.75) is 45.7 Å². The van der Waals surface area contributed by atoms with Crippen molar-refractivity contribution in [3.8, 4) is 28.3 Å². The Bertz CT molecular complexity index is 1220. The number of benzene rings is 2. The molecule has 8 nitrogen and oxygen atoms in total. The number of H-pyrrole nitrogens is 1. The maximum absolute atomic E-state index is 12.6.